The second-order valence-corrected chi connectivity index (χ2v) is 6.86. The molecule has 0 bridgehead atoms. The lowest BCUT2D eigenvalue weighted by atomic mass is 9.63. The van der Waals surface area contributed by atoms with Crippen molar-refractivity contribution >= 4 is 11.9 Å². The summed E-state index contributed by atoms with van der Waals surface area (Å²) in [4.78, 5) is 25.5. The molecule has 1 heterocycles. The summed E-state index contributed by atoms with van der Waals surface area (Å²) in [6.45, 7) is 0.684. The topological polar surface area (TPSA) is 66.8 Å². The lowest BCUT2D eigenvalue weighted by Crippen LogP contribution is -2.56. The molecular formula is C18H20F3NO4. The maximum Gasteiger partial charge on any atom is 0.416 e. The normalized spacial score (nSPS) is 22.6. The zero-order chi connectivity index (χ0) is 18.9. The van der Waals surface area contributed by atoms with Crippen LogP contribution in [0, 0.1) is 0 Å². The number of amides is 1. The van der Waals surface area contributed by atoms with E-state index in [0.717, 1.165) is 18.6 Å². The van der Waals surface area contributed by atoms with Gasteiger partial charge in [0.2, 0.25) is 5.91 Å². The van der Waals surface area contributed by atoms with Gasteiger partial charge >= 0.3 is 12.1 Å². The fraction of sp³-hybridized carbons (Fsp3) is 0.556. The Morgan fingerprint density at radius 2 is 2.04 bits per heavy atom. The molecule has 1 aromatic rings. The molecule has 1 aliphatic heterocycles. The molecule has 8 heteroatoms. The minimum absolute atomic E-state index is 0.145. The van der Waals surface area contributed by atoms with Crippen LogP contribution < -0.4 is 0 Å². The minimum Gasteiger partial charge on any atom is -0.481 e. The van der Waals surface area contributed by atoms with Gasteiger partial charge in [-0.1, -0.05) is 24.6 Å². The van der Waals surface area contributed by atoms with E-state index < -0.39 is 29.2 Å². The van der Waals surface area contributed by atoms with Crippen molar-refractivity contribution in [2.24, 2.45) is 0 Å². The second-order valence-electron chi connectivity index (χ2n) is 6.86. The van der Waals surface area contributed by atoms with Crippen molar-refractivity contribution < 1.29 is 32.6 Å². The van der Waals surface area contributed by atoms with Gasteiger partial charge in [-0.3, -0.25) is 9.59 Å². The third-order valence-electron chi connectivity index (χ3n) is 5.19. The van der Waals surface area contributed by atoms with Crippen molar-refractivity contribution in [2.75, 3.05) is 19.7 Å². The summed E-state index contributed by atoms with van der Waals surface area (Å²) in [5, 5.41) is 8.90. The Balaban J connectivity index is 1.83. The smallest absolute Gasteiger partial charge is 0.416 e. The third-order valence-corrected chi connectivity index (χ3v) is 5.19. The molecule has 0 aromatic heterocycles. The van der Waals surface area contributed by atoms with Crippen LogP contribution in [0.5, 0.6) is 0 Å². The van der Waals surface area contributed by atoms with Crippen LogP contribution >= 0.6 is 0 Å². The molecular weight excluding hydrogens is 351 g/mol. The van der Waals surface area contributed by atoms with Gasteiger partial charge in [-0.25, -0.2) is 0 Å². The van der Waals surface area contributed by atoms with E-state index in [0.29, 0.717) is 24.9 Å². The summed E-state index contributed by atoms with van der Waals surface area (Å²) in [5.41, 5.74) is -1.34. The molecule has 1 saturated heterocycles. The van der Waals surface area contributed by atoms with E-state index in [4.69, 9.17) is 9.84 Å². The number of benzene rings is 1. The number of carbonyl (C=O) groups excluding carboxylic acids is 1. The van der Waals surface area contributed by atoms with E-state index in [2.05, 4.69) is 0 Å². The average Bonchev–Trinajstić information content (AvgIpc) is 2.53. The van der Waals surface area contributed by atoms with Gasteiger partial charge in [0.05, 0.1) is 30.1 Å². The maximum absolute atomic E-state index is 13.1. The molecule has 1 N–H and O–H groups in total. The maximum atomic E-state index is 13.1. The van der Waals surface area contributed by atoms with Crippen molar-refractivity contribution in [3.8, 4) is 0 Å². The SMILES string of the molecule is O=C(O)C[C@H]1CN(C(=O)C2(c3cccc(C(F)(F)F)c3)CCC2)CCO1. The molecule has 0 unspecified atom stereocenters. The Bertz CT molecular complexity index is 700. The first-order valence-electron chi connectivity index (χ1n) is 8.53. The van der Waals surface area contributed by atoms with Crippen molar-refractivity contribution in [3.05, 3.63) is 35.4 Å². The van der Waals surface area contributed by atoms with Crippen molar-refractivity contribution in [1.82, 2.24) is 4.90 Å². The van der Waals surface area contributed by atoms with Crippen LogP contribution in [0.1, 0.15) is 36.8 Å². The number of hydrogen-bond donors (Lipinski definition) is 1. The largest absolute Gasteiger partial charge is 0.481 e. The number of alkyl halides is 3. The Kier molecular flexibility index (Phi) is 4.96. The van der Waals surface area contributed by atoms with Crippen molar-refractivity contribution in [1.29, 1.82) is 0 Å². The lowest BCUT2D eigenvalue weighted by Gasteiger charge is -2.46. The van der Waals surface area contributed by atoms with E-state index >= 15 is 0 Å². The Morgan fingerprint density at radius 1 is 1.31 bits per heavy atom. The van der Waals surface area contributed by atoms with Crippen LogP contribution in [0.2, 0.25) is 0 Å². The molecule has 3 rings (SSSR count). The number of hydrogen-bond acceptors (Lipinski definition) is 3. The van der Waals surface area contributed by atoms with Gasteiger partial charge < -0.3 is 14.7 Å². The van der Waals surface area contributed by atoms with Crippen LogP contribution in [0.3, 0.4) is 0 Å². The highest BCUT2D eigenvalue weighted by molar-refractivity contribution is 5.89. The minimum atomic E-state index is -4.46. The number of nitrogens with zero attached hydrogens (tertiary/aromatic N) is 1. The fourth-order valence-electron chi connectivity index (χ4n) is 3.67. The van der Waals surface area contributed by atoms with E-state index in [1.54, 1.807) is 6.07 Å². The summed E-state index contributed by atoms with van der Waals surface area (Å²) in [7, 11) is 0. The number of aliphatic carboxylic acids is 1. The molecule has 0 radical (unpaired) electrons. The molecule has 2 aliphatic rings. The number of carbonyl (C=O) groups is 2. The molecule has 0 spiro atoms. The predicted molar refractivity (Wildman–Crippen MR) is 85.5 cm³/mol. The number of carboxylic acid groups (broad SMARTS) is 1. The monoisotopic (exact) mass is 371 g/mol. The van der Waals surface area contributed by atoms with Gasteiger partial charge in [-0.15, -0.1) is 0 Å². The molecule has 26 heavy (non-hydrogen) atoms. The summed E-state index contributed by atoms with van der Waals surface area (Å²) >= 11 is 0. The van der Waals surface area contributed by atoms with Crippen LogP contribution in [0.25, 0.3) is 0 Å². The van der Waals surface area contributed by atoms with Gasteiger partial charge in [-0.2, -0.15) is 13.2 Å². The fourth-order valence-corrected chi connectivity index (χ4v) is 3.67. The molecule has 1 amide bonds. The van der Waals surface area contributed by atoms with Crippen LogP contribution in [-0.4, -0.2) is 47.7 Å². The van der Waals surface area contributed by atoms with E-state index in [9.17, 15) is 22.8 Å². The van der Waals surface area contributed by atoms with E-state index in [1.807, 2.05) is 0 Å². The standard InChI is InChI=1S/C18H20F3NO4/c19-18(20,21)13-4-1-3-12(9-13)17(5-2-6-17)16(25)22-7-8-26-14(11-22)10-15(23)24/h1,3-4,9,14H,2,5-8,10-11H2,(H,23,24)/t14-/m0/s1. The highest BCUT2D eigenvalue weighted by atomic mass is 19.4. The summed E-state index contributed by atoms with van der Waals surface area (Å²) in [6, 6.07) is 4.96. The first-order valence-corrected chi connectivity index (χ1v) is 8.53. The number of halogens is 3. The summed E-state index contributed by atoms with van der Waals surface area (Å²) in [6.07, 6.45) is -3.51. The first kappa shape index (κ1) is 18.7. The summed E-state index contributed by atoms with van der Waals surface area (Å²) in [5.74, 6) is -1.25. The van der Waals surface area contributed by atoms with Crippen molar-refractivity contribution in [3.63, 3.8) is 0 Å². The molecule has 1 aromatic carbocycles. The zero-order valence-corrected chi connectivity index (χ0v) is 14.1. The molecule has 5 nitrogen and oxygen atoms in total. The highest BCUT2D eigenvalue weighted by Crippen LogP contribution is 2.46. The Hall–Kier alpha value is -2.09. The Labute approximate surface area is 148 Å². The number of rotatable bonds is 4. The quantitative estimate of drug-likeness (QED) is 0.884. The van der Waals surface area contributed by atoms with Gasteiger partial charge in [0.25, 0.3) is 0 Å². The molecule has 2 fully saturated rings. The molecule has 1 saturated carbocycles. The number of carboxylic acids is 1. The first-order chi connectivity index (χ1) is 12.2. The van der Waals surface area contributed by atoms with Crippen molar-refractivity contribution in [2.45, 2.75) is 43.4 Å². The Morgan fingerprint density at radius 3 is 2.62 bits per heavy atom. The van der Waals surface area contributed by atoms with Gasteiger partial charge in [-0.05, 0) is 24.5 Å². The van der Waals surface area contributed by atoms with E-state index in [-0.39, 0.29) is 25.5 Å². The number of morpholine rings is 1. The van der Waals surface area contributed by atoms with Crippen LogP contribution in [0.15, 0.2) is 24.3 Å². The van der Waals surface area contributed by atoms with Crippen LogP contribution in [-0.2, 0) is 25.9 Å². The molecule has 1 atom stereocenters. The van der Waals surface area contributed by atoms with Gasteiger partial charge in [0, 0.05) is 13.1 Å². The average molecular weight is 371 g/mol. The van der Waals surface area contributed by atoms with Crippen LogP contribution in [0.4, 0.5) is 13.2 Å². The van der Waals surface area contributed by atoms with E-state index in [1.165, 1.54) is 11.0 Å². The summed E-state index contributed by atoms with van der Waals surface area (Å²) < 4.78 is 44.5. The zero-order valence-electron chi connectivity index (χ0n) is 14.1. The van der Waals surface area contributed by atoms with Gasteiger partial charge in [0.1, 0.15) is 0 Å². The second kappa shape index (κ2) is 6.90. The lowest BCUT2D eigenvalue weighted by molar-refractivity contribution is -0.153. The number of ether oxygens (including phenoxy) is 1. The predicted octanol–water partition coefficient (Wildman–Crippen LogP) is 2.83. The molecule has 142 valence electrons. The third kappa shape index (κ3) is 3.56. The highest BCUT2D eigenvalue weighted by Gasteiger charge is 2.49. The molecule has 1 aliphatic carbocycles. The van der Waals surface area contributed by atoms with Gasteiger partial charge in [0.15, 0.2) is 0 Å².